The summed E-state index contributed by atoms with van der Waals surface area (Å²) in [7, 11) is 1.70. The zero-order chi connectivity index (χ0) is 11.0. The highest BCUT2D eigenvalue weighted by Crippen LogP contribution is 2.32. The molecule has 0 bridgehead atoms. The number of benzene rings is 1. The van der Waals surface area contributed by atoms with Crippen molar-refractivity contribution in [1.29, 1.82) is 0 Å². The van der Waals surface area contributed by atoms with E-state index in [1.54, 1.807) is 7.05 Å². The number of hydrogen-bond acceptors (Lipinski definition) is 3. The molecular weight excluding hydrogens is 260 g/mol. The molecule has 0 fully saturated rings. The lowest BCUT2D eigenvalue weighted by atomic mass is 10.2. The molecule has 80 valence electrons. The minimum absolute atomic E-state index is 0.129. The van der Waals surface area contributed by atoms with Gasteiger partial charge in [-0.25, -0.2) is 0 Å². The highest BCUT2D eigenvalue weighted by molar-refractivity contribution is 9.10. The first kappa shape index (κ1) is 10.4. The number of hydrogen-bond donors (Lipinski definition) is 1. The molecule has 1 atom stereocenters. The molecule has 2 N–H and O–H groups in total. The Balaban J connectivity index is 2.47. The molecule has 15 heavy (non-hydrogen) atoms. The molecule has 1 heterocycles. The maximum atomic E-state index is 11.7. The molecule has 1 aliphatic heterocycles. The summed E-state index contributed by atoms with van der Waals surface area (Å²) in [6, 6.07) is 4.93. The van der Waals surface area contributed by atoms with E-state index in [1.165, 1.54) is 4.90 Å². The smallest absolute Gasteiger partial charge is 0.247 e. The van der Waals surface area contributed by atoms with Crippen LogP contribution in [-0.4, -0.2) is 25.6 Å². The molecule has 1 amide bonds. The van der Waals surface area contributed by atoms with Gasteiger partial charge in [-0.1, -0.05) is 15.9 Å². The van der Waals surface area contributed by atoms with Crippen LogP contribution < -0.4 is 15.4 Å². The zero-order valence-electron chi connectivity index (χ0n) is 8.24. The van der Waals surface area contributed by atoms with Gasteiger partial charge in [-0.15, -0.1) is 0 Å². The number of carbonyl (C=O) groups excluding carboxylic acids is 1. The van der Waals surface area contributed by atoms with Gasteiger partial charge in [0.25, 0.3) is 0 Å². The molecule has 0 radical (unpaired) electrons. The molecule has 2 rings (SSSR count). The van der Waals surface area contributed by atoms with E-state index in [9.17, 15) is 4.79 Å². The Bertz CT molecular complexity index is 408. The van der Waals surface area contributed by atoms with Crippen LogP contribution in [0, 0.1) is 0 Å². The van der Waals surface area contributed by atoms with E-state index in [4.69, 9.17) is 10.5 Å². The number of ether oxygens (including phenoxy) is 1. The van der Waals surface area contributed by atoms with Crippen LogP contribution in [-0.2, 0) is 4.79 Å². The third-order valence-corrected chi connectivity index (χ3v) is 2.84. The third kappa shape index (κ3) is 1.85. The van der Waals surface area contributed by atoms with Crippen LogP contribution in [0.3, 0.4) is 0 Å². The van der Waals surface area contributed by atoms with E-state index in [0.717, 1.165) is 10.2 Å². The van der Waals surface area contributed by atoms with Crippen molar-refractivity contribution in [2.75, 3.05) is 18.6 Å². The van der Waals surface area contributed by atoms with Crippen LogP contribution >= 0.6 is 15.9 Å². The molecule has 1 unspecified atom stereocenters. The second kappa shape index (κ2) is 3.83. The fraction of sp³-hybridized carbons (Fsp3) is 0.300. The molecule has 0 saturated heterocycles. The van der Waals surface area contributed by atoms with Crippen molar-refractivity contribution >= 4 is 27.5 Å². The number of anilines is 1. The molecule has 1 aliphatic rings. The fourth-order valence-corrected chi connectivity index (χ4v) is 1.84. The van der Waals surface area contributed by atoms with Crippen molar-refractivity contribution in [3.05, 3.63) is 22.7 Å². The number of nitrogens with zero attached hydrogens (tertiary/aromatic N) is 1. The summed E-state index contributed by atoms with van der Waals surface area (Å²) in [6.07, 6.45) is 0. The van der Waals surface area contributed by atoms with Crippen LogP contribution in [0.4, 0.5) is 5.69 Å². The highest BCUT2D eigenvalue weighted by atomic mass is 79.9. The lowest BCUT2D eigenvalue weighted by molar-refractivity contribution is -0.119. The maximum absolute atomic E-state index is 11.7. The summed E-state index contributed by atoms with van der Waals surface area (Å²) < 4.78 is 6.38. The van der Waals surface area contributed by atoms with Crippen molar-refractivity contribution in [3.63, 3.8) is 0 Å². The summed E-state index contributed by atoms with van der Waals surface area (Å²) >= 11 is 3.35. The van der Waals surface area contributed by atoms with E-state index in [-0.39, 0.29) is 12.5 Å². The second-order valence-corrected chi connectivity index (χ2v) is 4.34. The van der Waals surface area contributed by atoms with Crippen molar-refractivity contribution in [1.82, 2.24) is 0 Å². The molecule has 0 saturated carbocycles. The van der Waals surface area contributed by atoms with Gasteiger partial charge in [-0.2, -0.15) is 0 Å². The van der Waals surface area contributed by atoms with Gasteiger partial charge >= 0.3 is 0 Å². The molecule has 1 aromatic rings. The monoisotopic (exact) mass is 270 g/mol. The zero-order valence-corrected chi connectivity index (χ0v) is 9.82. The minimum atomic E-state index is -0.596. The Kier molecular flexibility index (Phi) is 2.67. The normalized spacial score (nSPS) is 20.6. The van der Waals surface area contributed by atoms with E-state index in [2.05, 4.69) is 15.9 Å². The summed E-state index contributed by atoms with van der Waals surface area (Å²) in [4.78, 5) is 13.2. The van der Waals surface area contributed by atoms with E-state index in [0.29, 0.717) is 5.75 Å². The fourth-order valence-electron chi connectivity index (χ4n) is 1.50. The van der Waals surface area contributed by atoms with Crippen LogP contribution in [0.15, 0.2) is 22.7 Å². The Hall–Kier alpha value is -1.07. The molecular formula is C10H11BrN2O2. The Morgan fingerprint density at radius 3 is 3.07 bits per heavy atom. The number of nitrogens with two attached hydrogens (primary N) is 1. The number of halogens is 1. The van der Waals surface area contributed by atoms with Crippen molar-refractivity contribution in [2.45, 2.75) is 6.04 Å². The molecule has 0 aliphatic carbocycles. The van der Waals surface area contributed by atoms with Gasteiger partial charge in [-0.05, 0) is 18.2 Å². The predicted molar refractivity (Wildman–Crippen MR) is 61.0 cm³/mol. The first-order valence-electron chi connectivity index (χ1n) is 4.55. The number of carbonyl (C=O) groups is 1. The predicted octanol–water partition coefficient (Wildman–Crippen LogP) is 1.13. The topological polar surface area (TPSA) is 55.6 Å². The number of likely N-dealkylation sites (N-methyl/N-ethyl adjacent to an activating group) is 1. The molecule has 0 aromatic heterocycles. The number of amides is 1. The van der Waals surface area contributed by atoms with Gasteiger partial charge in [-0.3, -0.25) is 4.79 Å². The Morgan fingerprint density at radius 1 is 1.60 bits per heavy atom. The summed E-state index contributed by atoms with van der Waals surface area (Å²) in [5.74, 6) is 0.546. The Morgan fingerprint density at radius 2 is 2.33 bits per heavy atom. The largest absolute Gasteiger partial charge is 0.489 e. The third-order valence-electron chi connectivity index (χ3n) is 2.35. The average molecular weight is 271 g/mol. The van der Waals surface area contributed by atoms with Crippen LogP contribution in [0.25, 0.3) is 0 Å². The quantitative estimate of drug-likeness (QED) is 0.769. The SMILES string of the molecule is CN1C(=O)C(N)COc2cc(Br)ccc21. The standard InChI is InChI=1S/C10H11BrN2O2/c1-13-8-3-2-6(11)4-9(8)15-5-7(12)10(13)14/h2-4,7H,5,12H2,1H3. The van der Waals surface area contributed by atoms with Gasteiger partial charge in [0.1, 0.15) is 18.4 Å². The summed E-state index contributed by atoms with van der Waals surface area (Å²) in [6.45, 7) is 0.215. The molecule has 0 spiro atoms. The van der Waals surface area contributed by atoms with E-state index >= 15 is 0 Å². The van der Waals surface area contributed by atoms with Crippen LogP contribution in [0.1, 0.15) is 0 Å². The Labute approximate surface area is 96.1 Å². The van der Waals surface area contributed by atoms with Crippen LogP contribution in [0.5, 0.6) is 5.75 Å². The van der Waals surface area contributed by atoms with Gasteiger partial charge in [0, 0.05) is 11.5 Å². The number of rotatable bonds is 0. The van der Waals surface area contributed by atoms with Crippen molar-refractivity contribution in [2.24, 2.45) is 5.73 Å². The van der Waals surface area contributed by atoms with Gasteiger partial charge in [0.05, 0.1) is 5.69 Å². The molecule has 1 aromatic carbocycles. The first-order valence-corrected chi connectivity index (χ1v) is 5.34. The van der Waals surface area contributed by atoms with Gasteiger partial charge in [0.15, 0.2) is 0 Å². The molecule has 4 nitrogen and oxygen atoms in total. The lowest BCUT2D eigenvalue weighted by Gasteiger charge is -2.17. The van der Waals surface area contributed by atoms with E-state index in [1.807, 2.05) is 18.2 Å². The van der Waals surface area contributed by atoms with Gasteiger partial charge in [0.2, 0.25) is 5.91 Å². The minimum Gasteiger partial charge on any atom is -0.489 e. The first-order chi connectivity index (χ1) is 7.09. The van der Waals surface area contributed by atoms with Gasteiger partial charge < -0.3 is 15.4 Å². The number of fused-ring (bicyclic) bond motifs is 1. The van der Waals surface area contributed by atoms with Crippen LogP contribution in [0.2, 0.25) is 0 Å². The van der Waals surface area contributed by atoms with Crippen molar-refractivity contribution < 1.29 is 9.53 Å². The summed E-state index contributed by atoms with van der Waals surface area (Å²) in [5, 5.41) is 0. The lowest BCUT2D eigenvalue weighted by Crippen LogP contribution is -2.43. The van der Waals surface area contributed by atoms with Crippen molar-refractivity contribution in [3.8, 4) is 5.75 Å². The average Bonchev–Trinajstić information content (AvgIpc) is 2.32. The summed E-state index contributed by atoms with van der Waals surface area (Å²) in [5.41, 5.74) is 6.40. The van der Waals surface area contributed by atoms with E-state index < -0.39 is 6.04 Å². The second-order valence-electron chi connectivity index (χ2n) is 3.43. The maximum Gasteiger partial charge on any atom is 0.247 e. The highest BCUT2D eigenvalue weighted by Gasteiger charge is 2.26. The molecule has 5 heteroatoms.